The van der Waals surface area contributed by atoms with Gasteiger partial charge in [-0.15, -0.1) is 0 Å². The van der Waals surface area contributed by atoms with E-state index in [4.69, 9.17) is 14.0 Å². The zero-order valence-electron chi connectivity index (χ0n) is 17.0. The van der Waals surface area contributed by atoms with E-state index >= 15 is 0 Å². The molecule has 5 rings (SSSR count). The van der Waals surface area contributed by atoms with E-state index in [1.165, 1.54) is 36.8 Å². The number of hydrogen-bond donors (Lipinski definition) is 0. The van der Waals surface area contributed by atoms with E-state index in [9.17, 15) is 0 Å². The number of hydrogen-bond acceptors (Lipinski definition) is 7. The third kappa shape index (κ3) is 3.59. The lowest BCUT2D eigenvalue weighted by atomic mass is 9.90. The summed E-state index contributed by atoms with van der Waals surface area (Å²) in [6.45, 7) is 6.59. The van der Waals surface area contributed by atoms with Crippen LogP contribution in [-0.4, -0.2) is 38.3 Å². The zero-order chi connectivity index (χ0) is 19.8. The van der Waals surface area contributed by atoms with Crippen molar-refractivity contribution in [2.45, 2.75) is 63.8 Å². The summed E-state index contributed by atoms with van der Waals surface area (Å²) in [6, 6.07) is 4.15. The quantitative estimate of drug-likeness (QED) is 0.645. The number of likely N-dealkylation sites (tertiary alicyclic amines) is 1. The lowest BCUT2D eigenvalue weighted by Crippen LogP contribution is -2.21. The zero-order valence-corrected chi connectivity index (χ0v) is 17.0. The maximum absolute atomic E-state index is 5.80. The summed E-state index contributed by atoms with van der Waals surface area (Å²) in [5, 5.41) is 8.46. The van der Waals surface area contributed by atoms with Crippen LogP contribution < -0.4 is 0 Å². The minimum absolute atomic E-state index is 0.169. The number of pyridine rings is 1. The second-order valence-corrected chi connectivity index (χ2v) is 8.47. The molecule has 2 fully saturated rings. The lowest BCUT2D eigenvalue weighted by molar-refractivity contribution is 0.305. The predicted octanol–water partition coefficient (Wildman–Crippen LogP) is 4.11. The first-order valence-corrected chi connectivity index (χ1v) is 10.6. The summed E-state index contributed by atoms with van der Waals surface area (Å²) >= 11 is 0. The molecule has 0 aromatic carbocycles. The van der Waals surface area contributed by atoms with Crippen LogP contribution in [0.5, 0.6) is 0 Å². The molecule has 0 spiro atoms. The molecular formula is C22H27N5O2. The maximum Gasteiger partial charge on any atom is 0.231 e. The van der Waals surface area contributed by atoms with Gasteiger partial charge in [0.1, 0.15) is 5.76 Å². The molecule has 3 aromatic rings. The maximum atomic E-state index is 5.80. The van der Waals surface area contributed by atoms with Crippen molar-refractivity contribution in [2.75, 3.05) is 13.1 Å². The molecular weight excluding hydrogens is 366 g/mol. The average Bonchev–Trinajstić information content (AvgIpc) is 3.52. The van der Waals surface area contributed by atoms with Crippen molar-refractivity contribution in [1.82, 2.24) is 25.2 Å². The summed E-state index contributed by atoms with van der Waals surface area (Å²) in [4.78, 5) is 11.6. The van der Waals surface area contributed by atoms with Crippen molar-refractivity contribution in [3.05, 3.63) is 58.8 Å². The normalized spacial score (nSPS) is 23.2. The Morgan fingerprint density at radius 1 is 1.07 bits per heavy atom. The van der Waals surface area contributed by atoms with Gasteiger partial charge in [-0.3, -0.25) is 9.88 Å². The molecule has 1 aliphatic carbocycles. The molecule has 7 nitrogen and oxygen atoms in total. The van der Waals surface area contributed by atoms with Gasteiger partial charge in [0.25, 0.3) is 0 Å². The van der Waals surface area contributed by atoms with Crippen LogP contribution in [0.15, 0.2) is 33.6 Å². The van der Waals surface area contributed by atoms with Crippen molar-refractivity contribution < 1.29 is 9.05 Å². The summed E-state index contributed by atoms with van der Waals surface area (Å²) in [6.07, 6.45) is 8.66. The fourth-order valence-corrected chi connectivity index (χ4v) is 4.90. The second-order valence-electron chi connectivity index (χ2n) is 8.47. The summed E-state index contributed by atoms with van der Waals surface area (Å²) < 4.78 is 11.2. The van der Waals surface area contributed by atoms with E-state index in [1.807, 2.05) is 32.3 Å². The van der Waals surface area contributed by atoms with Crippen molar-refractivity contribution in [1.29, 1.82) is 0 Å². The molecule has 1 aliphatic heterocycles. The molecule has 0 N–H and O–H groups in total. The van der Waals surface area contributed by atoms with E-state index in [0.29, 0.717) is 5.92 Å². The molecule has 7 heteroatoms. The first kappa shape index (κ1) is 18.5. The Kier molecular flexibility index (Phi) is 4.91. The third-order valence-electron chi connectivity index (χ3n) is 6.57. The van der Waals surface area contributed by atoms with E-state index in [0.717, 1.165) is 42.8 Å². The molecule has 0 unspecified atom stereocenters. The fraction of sp³-hybridized carbons (Fsp3) is 0.545. The smallest absolute Gasteiger partial charge is 0.231 e. The fourth-order valence-electron chi connectivity index (χ4n) is 4.90. The number of aromatic nitrogens is 4. The van der Waals surface area contributed by atoms with Gasteiger partial charge in [-0.25, -0.2) is 0 Å². The number of aryl methyl sites for hydroxylation is 2. The van der Waals surface area contributed by atoms with Gasteiger partial charge in [0, 0.05) is 49.4 Å². The molecule has 0 amide bonds. The van der Waals surface area contributed by atoms with Crippen LogP contribution in [0.3, 0.4) is 0 Å². The SMILES string of the molecule is Cc1noc(C)c1CN1C[C@@H](c2cccnc2)[C@H](c2nc(C3CCCC3)no2)C1. The molecule has 1 saturated heterocycles. The van der Waals surface area contributed by atoms with E-state index in [1.54, 1.807) is 0 Å². The van der Waals surface area contributed by atoms with Crippen molar-refractivity contribution in [2.24, 2.45) is 0 Å². The Balaban J connectivity index is 1.41. The number of rotatable bonds is 5. The van der Waals surface area contributed by atoms with Gasteiger partial charge < -0.3 is 9.05 Å². The third-order valence-corrected chi connectivity index (χ3v) is 6.57. The number of nitrogens with zero attached hydrogens (tertiary/aromatic N) is 5. The Hall–Kier alpha value is -2.54. The van der Waals surface area contributed by atoms with E-state index in [-0.39, 0.29) is 11.8 Å². The highest BCUT2D eigenvalue weighted by molar-refractivity contribution is 5.25. The topological polar surface area (TPSA) is 81.1 Å². The molecule has 1 saturated carbocycles. The van der Waals surface area contributed by atoms with Crippen molar-refractivity contribution in [3.63, 3.8) is 0 Å². The van der Waals surface area contributed by atoms with Crippen LogP contribution in [0.1, 0.15) is 77.7 Å². The van der Waals surface area contributed by atoms with Crippen LogP contribution in [0, 0.1) is 13.8 Å². The first-order valence-electron chi connectivity index (χ1n) is 10.6. The van der Waals surface area contributed by atoms with Crippen LogP contribution in [-0.2, 0) is 6.54 Å². The monoisotopic (exact) mass is 393 g/mol. The molecule has 152 valence electrons. The highest BCUT2D eigenvalue weighted by atomic mass is 16.5. The standard InChI is InChI=1S/C22H27N5O2/c1-14-18(15(2)28-25-14)11-27-12-19(17-8-5-9-23-10-17)20(13-27)22-24-21(26-29-22)16-6-3-4-7-16/h5,8-10,16,19-20H,3-4,6-7,11-13H2,1-2H3/t19-,20+/m0/s1. The van der Waals surface area contributed by atoms with Crippen LogP contribution in [0.25, 0.3) is 0 Å². The largest absolute Gasteiger partial charge is 0.361 e. The molecule has 3 aromatic heterocycles. The summed E-state index contributed by atoms with van der Waals surface area (Å²) in [5.41, 5.74) is 3.36. The Morgan fingerprint density at radius 3 is 2.62 bits per heavy atom. The van der Waals surface area contributed by atoms with Crippen molar-refractivity contribution >= 4 is 0 Å². The van der Waals surface area contributed by atoms with E-state index < -0.39 is 0 Å². The molecule has 29 heavy (non-hydrogen) atoms. The molecule has 2 aliphatic rings. The Bertz CT molecular complexity index is 941. The summed E-state index contributed by atoms with van der Waals surface area (Å²) in [7, 11) is 0. The minimum Gasteiger partial charge on any atom is -0.361 e. The molecule has 2 atom stereocenters. The molecule has 0 bridgehead atoms. The van der Waals surface area contributed by atoms with Gasteiger partial charge in [0.05, 0.1) is 11.6 Å². The molecule has 0 radical (unpaired) electrons. The van der Waals surface area contributed by atoms with Gasteiger partial charge in [0.15, 0.2) is 5.82 Å². The second kappa shape index (κ2) is 7.71. The molecule has 4 heterocycles. The first-order chi connectivity index (χ1) is 14.2. The van der Waals surface area contributed by atoms with Gasteiger partial charge in [-0.1, -0.05) is 29.2 Å². The van der Waals surface area contributed by atoms with Crippen molar-refractivity contribution in [3.8, 4) is 0 Å². The Labute approximate surface area is 170 Å². The van der Waals surface area contributed by atoms with Crippen LogP contribution in [0.2, 0.25) is 0 Å². The van der Waals surface area contributed by atoms with Gasteiger partial charge in [0.2, 0.25) is 5.89 Å². The highest BCUT2D eigenvalue weighted by Gasteiger charge is 2.39. The van der Waals surface area contributed by atoms with Gasteiger partial charge >= 0.3 is 0 Å². The summed E-state index contributed by atoms with van der Waals surface area (Å²) in [5.74, 6) is 3.46. The van der Waals surface area contributed by atoms with Crippen LogP contribution in [0.4, 0.5) is 0 Å². The van der Waals surface area contributed by atoms with Crippen LogP contribution >= 0.6 is 0 Å². The predicted molar refractivity (Wildman–Crippen MR) is 106 cm³/mol. The highest BCUT2D eigenvalue weighted by Crippen LogP contribution is 2.41. The Morgan fingerprint density at radius 2 is 1.90 bits per heavy atom. The average molecular weight is 393 g/mol. The minimum atomic E-state index is 0.169. The van der Waals surface area contributed by atoms with Gasteiger partial charge in [-0.2, -0.15) is 4.98 Å². The van der Waals surface area contributed by atoms with Gasteiger partial charge in [-0.05, 0) is 38.3 Å². The van der Waals surface area contributed by atoms with E-state index in [2.05, 4.69) is 26.3 Å². The lowest BCUT2D eigenvalue weighted by Gasteiger charge is -2.15.